The molecule has 3 heteroatoms. The van der Waals surface area contributed by atoms with E-state index < -0.39 is 8.56 Å². The topological polar surface area (TPSA) is 18.5 Å². The summed E-state index contributed by atoms with van der Waals surface area (Å²) < 4.78 is 11.5. The predicted molar refractivity (Wildman–Crippen MR) is 110 cm³/mol. The van der Waals surface area contributed by atoms with Gasteiger partial charge in [0.05, 0.1) is 0 Å². The van der Waals surface area contributed by atoms with Crippen LogP contribution in [0, 0.1) is 0 Å². The van der Waals surface area contributed by atoms with Crippen molar-refractivity contribution in [2.24, 2.45) is 0 Å². The Labute approximate surface area is 154 Å². The lowest BCUT2D eigenvalue weighted by Gasteiger charge is -2.27. The van der Waals surface area contributed by atoms with Gasteiger partial charge in [0.25, 0.3) is 0 Å². The zero-order chi connectivity index (χ0) is 17.9. The van der Waals surface area contributed by atoms with Crippen LogP contribution in [0.25, 0.3) is 0 Å². The Kier molecular flexibility index (Phi) is 18.0. The zero-order valence-electron chi connectivity index (χ0n) is 17.3. The monoisotopic (exact) mass is 358 g/mol. The van der Waals surface area contributed by atoms with Crippen molar-refractivity contribution >= 4 is 8.56 Å². The number of rotatable bonds is 19. The summed E-state index contributed by atoms with van der Waals surface area (Å²) in [4.78, 5) is 0. The number of unbranched alkanes of at least 4 members (excludes halogenated alkanes) is 13. The molecule has 0 atom stereocenters. The normalized spacial score (nSPS) is 12.0. The van der Waals surface area contributed by atoms with E-state index >= 15 is 0 Å². The fraction of sp³-hybridized carbons (Fsp3) is 1.00. The molecule has 0 aliphatic rings. The minimum absolute atomic E-state index is 1.14. The molecule has 0 bridgehead atoms. The summed E-state index contributed by atoms with van der Waals surface area (Å²) >= 11 is 0. The summed E-state index contributed by atoms with van der Waals surface area (Å²) in [6, 6.07) is 2.31. The highest BCUT2D eigenvalue weighted by Gasteiger charge is 2.33. The maximum atomic E-state index is 5.76. The minimum atomic E-state index is -1.85. The first-order valence-corrected chi connectivity index (χ1v) is 13.1. The summed E-state index contributed by atoms with van der Waals surface area (Å²) in [6.45, 7) is 4.52. The SMILES string of the molecule is CCCCCCCCCCCCCCCC[Si](CCC)(OC)OC. The van der Waals surface area contributed by atoms with Crippen LogP contribution >= 0.6 is 0 Å². The molecule has 0 aliphatic heterocycles. The molecule has 0 aliphatic carbocycles. The molecule has 0 aromatic heterocycles. The molecule has 0 unspecified atom stereocenters. The molecular weight excluding hydrogens is 312 g/mol. The molecule has 0 amide bonds. The smallest absolute Gasteiger partial charge is 0.337 e. The molecule has 2 nitrogen and oxygen atoms in total. The Bertz CT molecular complexity index is 242. The Morgan fingerprint density at radius 3 is 1.17 bits per heavy atom. The molecular formula is C21H46O2Si. The summed E-state index contributed by atoms with van der Waals surface area (Å²) in [5.41, 5.74) is 0. The lowest BCUT2D eigenvalue weighted by atomic mass is 10.0. The zero-order valence-corrected chi connectivity index (χ0v) is 18.3. The number of hydrogen-bond acceptors (Lipinski definition) is 2. The van der Waals surface area contributed by atoms with Crippen LogP contribution in [0.3, 0.4) is 0 Å². The molecule has 24 heavy (non-hydrogen) atoms. The summed E-state index contributed by atoms with van der Waals surface area (Å²) in [6.07, 6.45) is 21.0. The lowest BCUT2D eigenvalue weighted by molar-refractivity contribution is 0.239. The van der Waals surface area contributed by atoms with Gasteiger partial charge < -0.3 is 8.85 Å². The molecule has 0 heterocycles. The van der Waals surface area contributed by atoms with E-state index in [1.807, 2.05) is 14.2 Å². The maximum absolute atomic E-state index is 5.76. The Hall–Kier alpha value is 0.137. The molecule has 0 N–H and O–H groups in total. The molecule has 0 aromatic carbocycles. The van der Waals surface area contributed by atoms with Gasteiger partial charge in [-0.25, -0.2) is 0 Å². The van der Waals surface area contributed by atoms with Gasteiger partial charge in [-0.3, -0.25) is 0 Å². The highest BCUT2D eigenvalue weighted by Crippen LogP contribution is 2.23. The van der Waals surface area contributed by atoms with Crippen molar-refractivity contribution in [3.8, 4) is 0 Å². The van der Waals surface area contributed by atoms with E-state index in [2.05, 4.69) is 13.8 Å². The van der Waals surface area contributed by atoms with Gasteiger partial charge in [-0.05, 0) is 12.1 Å². The summed E-state index contributed by atoms with van der Waals surface area (Å²) in [7, 11) is 1.84. The minimum Gasteiger partial charge on any atom is -0.398 e. The second kappa shape index (κ2) is 17.9. The fourth-order valence-corrected chi connectivity index (χ4v) is 6.37. The van der Waals surface area contributed by atoms with Crippen LogP contribution in [-0.4, -0.2) is 22.8 Å². The molecule has 0 saturated heterocycles. The second-order valence-electron chi connectivity index (χ2n) is 7.42. The van der Waals surface area contributed by atoms with Gasteiger partial charge >= 0.3 is 8.56 Å². The van der Waals surface area contributed by atoms with Crippen molar-refractivity contribution in [1.29, 1.82) is 0 Å². The van der Waals surface area contributed by atoms with Gasteiger partial charge in [0, 0.05) is 14.2 Å². The Balaban J connectivity index is 3.33. The van der Waals surface area contributed by atoms with Crippen molar-refractivity contribution in [2.45, 2.75) is 122 Å². The van der Waals surface area contributed by atoms with Crippen LogP contribution in [-0.2, 0) is 8.85 Å². The largest absolute Gasteiger partial charge is 0.398 e. The lowest BCUT2D eigenvalue weighted by Crippen LogP contribution is -2.39. The second-order valence-corrected chi connectivity index (χ2v) is 11.1. The third kappa shape index (κ3) is 13.4. The quantitative estimate of drug-likeness (QED) is 0.175. The van der Waals surface area contributed by atoms with Crippen LogP contribution in [0.4, 0.5) is 0 Å². The average molecular weight is 359 g/mol. The van der Waals surface area contributed by atoms with Crippen LogP contribution in [0.2, 0.25) is 12.1 Å². The standard InChI is InChI=1S/C21H46O2Si/c1-5-7-8-9-10-11-12-13-14-15-16-17-18-19-21-24(22-3,23-4)20-6-2/h5-21H2,1-4H3. The highest BCUT2D eigenvalue weighted by molar-refractivity contribution is 6.67. The molecule has 146 valence electrons. The first kappa shape index (κ1) is 24.1. The van der Waals surface area contributed by atoms with Crippen LogP contribution in [0.1, 0.15) is 110 Å². The first-order valence-electron chi connectivity index (χ1n) is 10.8. The van der Waals surface area contributed by atoms with E-state index in [0.717, 1.165) is 6.04 Å². The van der Waals surface area contributed by atoms with E-state index in [-0.39, 0.29) is 0 Å². The van der Waals surface area contributed by atoms with Crippen molar-refractivity contribution in [3.05, 3.63) is 0 Å². The average Bonchev–Trinajstić information content (AvgIpc) is 2.61. The van der Waals surface area contributed by atoms with Gasteiger partial charge in [0.1, 0.15) is 0 Å². The third-order valence-corrected chi connectivity index (χ3v) is 9.15. The number of hydrogen-bond donors (Lipinski definition) is 0. The molecule has 0 rings (SSSR count). The van der Waals surface area contributed by atoms with Crippen molar-refractivity contribution in [2.75, 3.05) is 14.2 Å². The van der Waals surface area contributed by atoms with Gasteiger partial charge in [0.2, 0.25) is 0 Å². The molecule has 0 aromatic rings. The Morgan fingerprint density at radius 1 is 0.458 bits per heavy atom. The Morgan fingerprint density at radius 2 is 0.833 bits per heavy atom. The van der Waals surface area contributed by atoms with Crippen molar-refractivity contribution in [1.82, 2.24) is 0 Å². The van der Waals surface area contributed by atoms with Crippen molar-refractivity contribution in [3.63, 3.8) is 0 Å². The van der Waals surface area contributed by atoms with E-state index in [9.17, 15) is 0 Å². The van der Waals surface area contributed by atoms with E-state index in [0.29, 0.717) is 0 Å². The van der Waals surface area contributed by atoms with Crippen LogP contribution in [0.5, 0.6) is 0 Å². The predicted octanol–water partition coefficient (Wildman–Crippen LogP) is 7.61. The molecule has 0 saturated carbocycles. The fourth-order valence-electron chi connectivity index (χ4n) is 3.59. The third-order valence-electron chi connectivity index (χ3n) is 5.29. The van der Waals surface area contributed by atoms with Gasteiger partial charge in [-0.1, -0.05) is 110 Å². The van der Waals surface area contributed by atoms with Gasteiger partial charge in [-0.15, -0.1) is 0 Å². The van der Waals surface area contributed by atoms with Gasteiger partial charge in [-0.2, -0.15) is 0 Å². The van der Waals surface area contributed by atoms with Gasteiger partial charge in [0.15, 0.2) is 0 Å². The van der Waals surface area contributed by atoms with E-state index in [1.165, 1.54) is 102 Å². The molecule has 0 spiro atoms. The van der Waals surface area contributed by atoms with Crippen LogP contribution < -0.4 is 0 Å². The van der Waals surface area contributed by atoms with E-state index in [4.69, 9.17) is 8.85 Å². The van der Waals surface area contributed by atoms with Crippen molar-refractivity contribution < 1.29 is 8.85 Å². The maximum Gasteiger partial charge on any atom is 0.337 e. The van der Waals surface area contributed by atoms with Crippen LogP contribution in [0.15, 0.2) is 0 Å². The summed E-state index contributed by atoms with van der Waals surface area (Å²) in [5, 5.41) is 0. The molecule has 0 radical (unpaired) electrons. The van der Waals surface area contributed by atoms with E-state index in [1.54, 1.807) is 0 Å². The first-order chi connectivity index (χ1) is 11.7. The highest BCUT2D eigenvalue weighted by atomic mass is 28.4. The molecule has 0 fully saturated rings. The summed E-state index contributed by atoms with van der Waals surface area (Å²) in [5.74, 6) is 0.